The number of thiazole rings is 1. The molecule has 4 rings (SSSR count). The average Bonchev–Trinajstić information content (AvgIpc) is 3.35. The highest BCUT2D eigenvalue weighted by Crippen LogP contribution is 2.30. The number of carbonyl (C=O) groups excluding carboxylic acids is 1. The molecule has 160 valence electrons. The fourth-order valence-corrected chi connectivity index (χ4v) is 4.67. The van der Waals surface area contributed by atoms with Crippen LogP contribution >= 0.6 is 11.3 Å². The van der Waals surface area contributed by atoms with E-state index in [1.807, 2.05) is 5.38 Å². The van der Waals surface area contributed by atoms with Gasteiger partial charge in [-0.25, -0.2) is 4.98 Å². The number of aryl methyl sites for hydroxylation is 2. The summed E-state index contributed by atoms with van der Waals surface area (Å²) < 4.78 is 5.71. The zero-order chi connectivity index (χ0) is 22.0. The third kappa shape index (κ3) is 4.72. The van der Waals surface area contributed by atoms with Gasteiger partial charge in [0.05, 0.1) is 18.4 Å². The van der Waals surface area contributed by atoms with Crippen LogP contribution in [-0.4, -0.2) is 10.9 Å². The minimum Gasteiger partial charge on any atom is -0.464 e. The van der Waals surface area contributed by atoms with Crippen LogP contribution < -0.4 is 5.32 Å². The number of fused-ring (bicyclic) bond motifs is 1. The summed E-state index contributed by atoms with van der Waals surface area (Å²) in [4.78, 5) is 17.3. The molecule has 0 aliphatic rings. The van der Waals surface area contributed by atoms with Gasteiger partial charge in [0.25, 0.3) is 0 Å². The average molecular weight is 433 g/mol. The van der Waals surface area contributed by atoms with E-state index in [1.54, 1.807) is 6.26 Å². The number of nitrogens with zero attached hydrogens (tertiary/aromatic N) is 1. The second-order valence-corrected chi connectivity index (χ2v) is 9.19. The van der Waals surface area contributed by atoms with Gasteiger partial charge in [-0.15, -0.1) is 11.3 Å². The van der Waals surface area contributed by atoms with Crippen molar-refractivity contribution in [2.24, 2.45) is 0 Å². The molecule has 4 nitrogen and oxygen atoms in total. The third-order valence-corrected chi connectivity index (χ3v) is 6.31. The van der Waals surface area contributed by atoms with Gasteiger partial charge in [-0.2, -0.15) is 0 Å². The number of aromatic nitrogens is 1. The third-order valence-electron chi connectivity index (χ3n) is 5.55. The monoisotopic (exact) mass is 432 g/mol. The molecule has 0 saturated heterocycles. The Morgan fingerprint density at radius 2 is 1.97 bits per heavy atom. The predicted molar refractivity (Wildman–Crippen MR) is 129 cm³/mol. The maximum Gasteiger partial charge on any atom is 0.230 e. The van der Waals surface area contributed by atoms with Crippen molar-refractivity contribution < 1.29 is 9.21 Å². The van der Waals surface area contributed by atoms with Crippen LogP contribution in [0.2, 0.25) is 0 Å². The fourth-order valence-electron chi connectivity index (χ4n) is 3.93. The van der Waals surface area contributed by atoms with E-state index in [-0.39, 0.29) is 12.3 Å². The van der Waals surface area contributed by atoms with Crippen LogP contribution in [0, 0.1) is 6.92 Å². The Kier molecular flexibility index (Phi) is 6.23. The van der Waals surface area contributed by atoms with Gasteiger partial charge in [-0.05, 0) is 48.1 Å². The van der Waals surface area contributed by atoms with Gasteiger partial charge in [0.2, 0.25) is 5.91 Å². The first-order chi connectivity index (χ1) is 14.9. The van der Waals surface area contributed by atoms with Gasteiger partial charge in [0.15, 0.2) is 5.13 Å². The Morgan fingerprint density at radius 3 is 2.68 bits per heavy atom. The molecule has 1 N–H and O–H groups in total. The fraction of sp³-hybridized carbons (Fsp3) is 0.308. The smallest absolute Gasteiger partial charge is 0.230 e. The van der Waals surface area contributed by atoms with Crippen molar-refractivity contribution in [1.29, 1.82) is 0 Å². The Bertz CT molecular complexity index is 1200. The van der Waals surface area contributed by atoms with Crippen LogP contribution in [0.5, 0.6) is 0 Å². The zero-order valence-corrected chi connectivity index (χ0v) is 19.3. The number of carbonyl (C=O) groups is 1. The summed E-state index contributed by atoms with van der Waals surface area (Å²) in [5, 5.41) is 6.55. The number of furan rings is 1. The van der Waals surface area contributed by atoms with E-state index in [4.69, 9.17) is 4.42 Å². The summed E-state index contributed by atoms with van der Waals surface area (Å²) in [6, 6.07) is 12.7. The number of benzene rings is 2. The molecular formula is C26H28N2O2S. The molecule has 0 unspecified atom stereocenters. The van der Waals surface area contributed by atoms with Crippen molar-refractivity contribution in [3.05, 3.63) is 70.3 Å². The molecule has 0 aliphatic heterocycles. The standard InChI is InChI=1S/C26H28N2O2S/c1-5-6-18-7-9-19(10-8-18)23-15-31-26(27-23)28-25(29)12-20-14-30-24-11-17(4)21(16(2)3)13-22(20)24/h7-11,13-16H,5-6,12H2,1-4H3,(H,27,28,29). The second kappa shape index (κ2) is 9.06. The molecule has 31 heavy (non-hydrogen) atoms. The Morgan fingerprint density at radius 1 is 1.19 bits per heavy atom. The summed E-state index contributed by atoms with van der Waals surface area (Å²) in [7, 11) is 0. The molecule has 0 fully saturated rings. The van der Waals surface area contributed by atoms with Crippen molar-refractivity contribution in [1.82, 2.24) is 4.98 Å². The van der Waals surface area contributed by atoms with Crippen LogP contribution in [0.15, 0.2) is 52.5 Å². The number of anilines is 1. The van der Waals surface area contributed by atoms with Crippen LogP contribution in [-0.2, 0) is 17.6 Å². The van der Waals surface area contributed by atoms with E-state index in [0.717, 1.165) is 40.6 Å². The molecule has 0 aliphatic carbocycles. The molecule has 4 aromatic rings. The van der Waals surface area contributed by atoms with Gasteiger partial charge in [0, 0.05) is 21.9 Å². The minimum absolute atomic E-state index is 0.0893. The van der Waals surface area contributed by atoms with Gasteiger partial charge < -0.3 is 9.73 Å². The van der Waals surface area contributed by atoms with Crippen molar-refractivity contribution >= 4 is 33.3 Å². The summed E-state index contributed by atoms with van der Waals surface area (Å²) in [6.45, 7) is 8.64. The first kappa shape index (κ1) is 21.3. The van der Waals surface area contributed by atoms with Gasteiger partial charge in [-0.3, -0.25) is 4.79 Å². The van der Waals surface area contributed by atoms with Crippen molar-refractivity contribution in [3.63, 3.8) is 0 Å². The number of hydrogen-bond donors (Lipinski definition) is 1. The van der Waals surface area contributed by atoms with Crippen molar-refractivity contribution in [3.8, 4) is 11.3 Å². The maximum absolute atomic E-state index is 12.7. The highest BCUT2D eigenvalue weighted by Gasteiger charge is 2.15. The highest BCUT2D eigenvalue weighted by atomic mass is 32.1. The highest BCUT2D eigenvalue weighted by molar-refractivity contribution is 7.14. The Hall–Kier alpha value is -2.92. The summed E-state index contributed by atoms with van der Waals surface area (Å²) >= 11 is 1.45. The first-order valence-corrected chi connectivity index (χ1v) is 11.7. The lowest BCUT2D eigenvalue weighted by atomic mass is 9.95. The number of rotatable bonds is 7. The first-order valence-electron chi connectivity index (χ1n) is 10.8. The molecule has 0 atom stereocenters. The van der Waals surface area contributed by atoms with Crippen LogP contribution in [0.1, 0.15) is 55.4 Å². The Labute approximate surface area is 187 Å². The quantitative estimate of drug-likeness (QED) is 0.338. The van der Waals surface area contributed by atoms with E-state index >= 15 is 0 Å². The molecule has 0 radical (unpaired) electrons. The van der Waals surface area contributed by atoms with E-state index in [1.165, 1.54) is 28.0 Å². The molecular weight excluding hydrogens is 404 g/mol. The number of amides is 1. The summed E-state index contributed by atoms with van der Waals surface area (Å²) in [5.74, 6) is 0.333. The molecule has 0 spiro atoms. The predicted octanol–water partition coefficient (Wildman–Crippen LogP) is 7.12. The summed E-state index contributed by atoms with van der Waals surface area (Å²) in [6.07, 6.45) is 4.17. The Balaban J connectivity index is 1.46. The summed E-state index contributed by atoms with van der Waals surface area (Å²) in [5.41, 5.74) is 7.50. The molecule has 0 saturated carbocycles. The molecule has 2 aromatic heterocycles. The largest absolute Gasteiger partial charge is 0.464 e. The minimum atomic E-state index is -0.0893. The van der Waals surface area contributed by atoms with Crippen LogP contribution in [0.4, 0.5) is 5.13 Å². The van der Waals surface area contributed by atoms with Crippen LogP contribution in [0.25, 0.3) is 22.2 Å². The molecule has 2 aromatic carbocycles. The SMILES string of the molecule is CCCc1ccc(-c2csc(NC(=O)Cc3coc4cc(C)c(C(C)C)cc34)n2)cc1. The molecule has 0 bridgehead atoms. The van der Waals surface area contributed by atoms with Crippen molar-refractivity contribution in [2.45, 2.75) is 52.9 Å². The molecule has 5 heteroatoms. The molecule has 2 heterocycles. The zero-order valence-electron chi connectivity index (χ0n) is 18.5. The lowest BCUT2D eigenvalue weighted by Gasteiger charge is -2.09. The van der Waals surface area contributed by atoms with Gasteiger partial charge in [-0.1, -0.05) is 51.5 Å². The van der Waals surface area contributed by atoms with E-state index < -0.39 is 0 Å². The number of hydrogen-bond acceptors (Lipinski definition) is 4. The van der Waals surface area contributed by atoms with E-state index in [9.17, 15) is 4.79 Å². The normalized spacial score (nSPS) is 11.4. The topological polar surface area (TPSA) is 55.1 Å². The van der Waals surface area contributed by atoms with Gasteiger partial charge >= 0.3 is 0 Å². The number of nitrogens with one attached hydrogen (secondary N) is 1. The van der Waals surface area contributed by atoms with E-state index in [0.29, 0.717) is 11.0 Å². The molecule has 1 amide bonds. The second-order valence-electron chi connectivity index (χ2n) is 8.33. The van der Waals surface area contributed by atoms with Crippen LogP contribution in [0.3, 0.4) is 0 Å². The lowest BCUT2D eigenvalue weighted by Crippen LogP contribution is -2.14. The lowest BCUT2D eigenvalue weighted by molar-refractivity contribution is -0.115. The van der Waals surface area contributed by atoms with Gasteiger partial charge in [0.1, 0.15) is 5.58 Å². The van der Waals surface area contributed by atoms with Crippen molar-refractivity contribution in [2.75, 3.05) is 5.32 Å². The van der Waals surface area contributed by atoms with E-state index in [2.05, 4.69) is 74.4 Å². The maximum atomic E-state index is 12.7.